The number of thiazole rings is 1. The van der Waals surface area contributed by atoms with Crippen molar-refractivity contribution in [3.8, 4) is 11.8 Å². The second-order valence-electron chi connectivity index (χ2n) is 6.55. The molecule has 0 bridgehead atoms. The zero-order valence-electron chi connectivity index (χ0n) is 16.8. The van der Waals surface area contributed by atoms with Crippen LogP contribution < -0.4 is 14.4 Å². The van der Waals surface area contributed by atoms with Gasteiger partial charge in [-0.25, -0.2) is 18.1 Å². The third kappa shape index (κ3) is 6.47. The molecule has 1 heterocycles. The molecule has 0 radical (unpaired) electrons. The van der Waals surface area contributed by atoms with Gasteiger partial charge < -0.3 is 9.64 Å². The first-order chi connectivity index (χ1) is 15.6. The van der Waals surface area contributed by atoms with E-state index in [0.29, 0.717) is 16.8 Å². The Morgan fingerprint density at radius 3 is 2.55 bits per heavy atom. The summed E-state index contributed by atoms with van der Waals surface area (Å²) in [5, 5.41) is 9.35. The largest absolute Gasteiger partial charge is 0.434 e. The predicted octanol–water partition coefficient (Wildman–Crippen LogP) is 4.41. The average molecular weight is 557 g/mol. The third-order valence-electron chi connectivity index (χ3n) is 4.12. The maximum atomic E-state index is 12.9. The topological polar surface area (TPSA) is 112 Å². The highest BCUT2D eigenvalue weighted by Gasteiger charge is 2.24. The maximum Gasteiger partial charge on any atom is 0.387 e. The van der Waals surface area contributed by atoms with Crippen molar-refractivity contribution in [2.45, 2.75) is 13.2 Å². The van der Waals surface area contributed by atoms with Gasteiger partial charge in [0, 0.05) is 11.3 Å². The normalized spacial score (nSPS) is 11.2. The van der Waals surface area contributed by atoms with E-state index in [4.69, 9.17) is 5.26 Å². The molecule has 0 aliphatic rings. The number of amides is 1. The molecule has 33 heavy (non-hydrogen) atoms. The van der Waals surface area contributed by atoms with Gasteiger partial charge in [-0.1, -0.05) is 29.5 Å². The van der Waals surface area contributed by atoms with Crippen molar-refractivity contribution < 1.29 is 26.7 Å². The lowest BCUT2D eigenvalue weighted by molar-refractivity contribution is -0.0504. The first-order valence-corrected chi connectivity index (χ1v) is 12.6. The van der Waals surface area contributed by atoms with Gasteiger partial charge in [0.1, 0.15) is 9.54 Å². The number of alkyl halides is 2. The highest BCUT2D eigenvalue weighted by atomic mass is 79.9. The Balaban J connectivity index is 2.05. The van der Waals surface area contributed by atoms with E-state index in [9.17, 15) is 22.0 Å². The molecular weight excluding hydrogens is 542 g/mol. The van der Waals surface area contributed by atoms with Gasteiger partial charge in [0.15, 0.2) is 10.8 Å². The molecule has 172 valence electrons. The summed E-state index contributed by atoms with van der Waals surface area (Å²) in [6.45, 7) is -2.99. The smallest absolute Gasteiger partial charge is 0.387 e. The van der Waals surface area contributed by atoms with E-state index in [1.54, 1.807) is 47.4 Å². The number of carbonyl (C=O) groups is 1. The van der Waals surface area contributed by atoms with Gasteiger partial charge in [0.25, 0.3) is 5.91 Å². The number of aromatic nitrogens is 1. The lowest BCUT2D eigenvalue weighted by Crippen LogP contribution is -2.30. The highest BCUT2D eigenvalue weighted by Crippen LogP contribution is 2.37. The van der Waals surface area contributed by atoms with E-state index in [1.807, 2.05) is 10.8 Å². The monoisotopic (exact) mass is 556 g/mol. The number of nitriles is 1. The number of rotatable bonds is 8. The Kier molecular flexibility index (Phi) is 7.62. The predicted molar refractivity (Wildman–Crippen MR) is 122 cm³/mol. The molecule has 1 N–H and O–H groups in total. The number of hydrogen-bond acceptors (Lipinski definition) is 8. The summed E-state index contributed by atoms with van der Waals surface area (Å²) < 4.78 is 55.3. The second kappa shape index (κ2) is 10.2. The van der Waals surface area contributed by atoms with Crippen molar-refractivity contribution in [2.24, 2.45) is 0 Å². The van der Waals surface area contributed by atoms with Crippen LogP contribution in [0.25, 0.3) is 0 Å². The fourth-order valence-electron chi connectivity index (χ4n) is 2.76. The Labute approximate surface area is 200 Å². The number of para-hydroxylation sites is 1. The number of ether oxygens (including phenoxy) is 1. The zero-order chi connectivity index (χ0) is 24.2. The summed E-state index contributed by atoms with van der Waals surface area (Å²) in [7, 11) is -3.81. The minimum atomic E-state index is -3.81. The summed E-state index contributed by atoms with van der Waals surface area (Å²) in [6.07, 6.45) is 0.842. The molecule has 8 nitrogen and oxygen atoms in total. The molecule has 0 fully saturated rings. The molecular formula is C20H15BrF2N4O4S2. The van der Waals surface area contributed by atoms with Crippen LogP contribution in [0.3, 0.4) is 0 Å². The van der Waals surface area contributed by atoms with Crippen LogP contribution in [-0.4, -0.2) is 32.2 Å². The summed E-state index contributed by atoms with van der Waals surface area (Å²) in [4.78, 5) is 18.2. The molecule has 1 amide bonds. The Hall–Kier alpha value is -3.08. The number of sulfonamides is 1. The first-order valence-electron chi connectivity index (χ1n) is 9.06. The summed E-state index contributed by atoms with van der Waals surface area (Å²) in [6, 6.07) is 14.7. The summed E-state index contributed by atoms with van der Waals surface area (Å²) in [5.41, 5.74) is 1.22. The lowest BCUT2D eigenvalue weighted by Gasteiger charge is -2.23. The van der Waals surface area contributed by atoms with Gasteiger partial charge in [-0.15, -0.1) is 0 Å². The van der Waals surface area contributed by atoms with E-state index in [2.05, 4.69) is 25.7 Å². The Morgan fingerprint density at radius 1 is 1.27 bits per heavy atom. The number of carbonyl (C=O) groups excluding carboxylic acids is 1. The van der Waals surface area contributed by atoms with Crippen molar-refractivity contribution in [1.82, 2.24) is 9.71 Å². The zero-order valence-corrected chi connectivity index (χ0v) is 20.0. The fourth-order valence-corrected chi connectivity index (χ4v) is 4.71. The van der Waals surface area contributed by atoms with Crippen LogP contribution >= 0.6 is 27.3 Å². The van der Waals surface area contributed by atoms with Crippen LogP contribution in [0, 0.1) is 11.3 Å². The van der Waals surface area contributed by atoms with Crippen molar-refractivity contribution in [3.05, 3.63) is 69.1 Å². The van der Waals surface area contributed by atoms with Gasteiger partial charge in [0.05, 0.1) is 24.4 Å². The molecule has 3 rings (SSSR count). The van der Waals surface area contributed by atoms with Gasteiger partial charge in [0.2, 0.25) is 10.0 Å². The summed E-state index contributed by atoms with van der Waals surface area (Å²) in [5.74, 6) is -0.954. The molecule has 2 aromatic carbocycles. The van der Waals surface area contributed by atoms with Gasteiger partial charge >= 0.3 is 6.61 Å². The molecule has 0 spiro atoms. The first kappa shape index (κ1) is 24.6. The Bertz CT molecular complexity index is 1310. The minimum Gasteiger partial charge on any atom is -0.434 e. The van der Waals surface area contributed by atoms with Gasteiger partial charge in [-0.2, -0.15) is 14.0 Å². The molecule has 1 aromatic heterocycles. The van der Waals surface area contributed by atoms with Crippen LogP contribution in [0.1, 0.15) is 21.6 Å². The number of nitrogens with one attached hydrogen (secondary N) is 1. The van der Waals surface area contributed by atoms with Crippen molar-refractivity contribution in [3.63, 3.8) is 0 Å². The van der Waals surface area contributed by atoms with Crippen LogP contribution in [0.4, 0.5) is 19.6 Å². The van der Waals surface area contributed by atoms with Crippen LogP contribution in [0.5, 0.6) is 5.75 Å². The number of benzene rings is 2. The van der Waals surface area contributed by atoms with E-state index in [1.165, 1.54) is 6.07 Å². The minimum absolute atomic E-state index is 0.0296. The Morgan fingerprint density at radius 2 is 1.94 bits per heavy atom. The quantitative estimate of drug-likeness (QED) is 0.437. The SMILES string of the molecule is CS(=O)(=O)NC(=O)c1nc(N(Cc2ccccc2OC(F)F)c2ccc(C#N)cc2)sc1Br. The number of hydrogen-bond donors (Lipinski definition) is 1. The van der Waals surface area contributed by atoms with Crippen molar-refractivity contribution in [2.75, 3.05) is 11.2 Å². The molecule has 0 aliphatic heterocycles. The van der Waals surface area contributed by atoms with Crippen LogP contribution in [0.2, 0.25) is 0 Å². The molecule has 3 aromatic rings. The van der Waals surface area contributed by atoms with E-state index in [-0.39, 0.29) is 26.9 Å². The van der Waals surface area contributed by atoms with Crippen molar-refractivity contribution >= 4 is 54.0 Å². The molecule has 13 heteroatoms. The molecule has 0 saturated carbocycles. The molecule has 0 saturated heterocycles. The van der Waals surface area contributed by atoms with Crippen LogP contribution in [0.15, 0.2) is 52.3 Å². The van der Waals surface area contributed by atoms with Gasteiger partial charge in [-0.05, 0) is 46.3 Å². The third-order valence-corrected chi connectivity index (χ3v) is 6.41. The fraction of sp³-hybridized carbons (Fsp3) is 0.150. The van der Waals surface area contributed by atoms with Crippen molar-refractivity contribution in [1.29, 1.82) is 5.26 Å². The summed E-state index contributed by atoms with van der Waals surface area (Å²) >= 11 is 4.27. The second-order valence-corrected chi connectivity index (χ2v) is 10.6. The molecule has 0 aliphatic carbocycles. The standard InChI is InChI=1S/C20H15BrF2N4O4S2/c1-33(29,30)26-18(28)16-17(21)32-20(25-16)27(14-8-6-12(10-24)7-9-14)11-13-4-2-3-5-15(13)31-19(22)23/h2-9,19H,11H2,1H3,(H,26,28). The number of nitrogens with zero attached hydrogens (tertiary/aromatic N) is 3. The number of anilines is 2. The molecule has 0 atom stereocenters. The van der Waals surface area contributed by atoms with Crippen LogP contribution in [-0.2, 0) is 16.6 Å². The molecule has 0 unspecified atom stereocenters. The van der Waals surface area contributed by atoms with Gasteiger partial charge in [-0.3, -0.25) is 4.79 Å². The highest BCUT2D eigenvalue weighted by molar-refractivity contribution is 9.11. The average Bonchev–Trinajstić information content (AvgIpc) is 3.13. The van der Waals surface area contributed by atoms with E-state index < -0.39 is 22.5 Å². The van der Waals surface area contributed by atoms with E-state index >= 15 is 0 Å². The maximum absolute atomic E-state index is 12.9. The number of halogens is 3. The van der Waals surface area contributed by atoms with E-state index in [0.717, 1.165) is 17.6 Å². The lowest BCUT2D eigenvalue weighted by atomic mass is 10.1.